The van der Waals surface area contributed by atoms with Gasteiger partial charge in [0.1, 0.15) is 16.3 Å². The Kier molecular flexibility index (Phi) is 7.55. The summed E-state index contributed by atoms with van der Waals surface area (Å²) >= 11 is 1.20. The van der Waals surface area contributed by atoms with Gasteiger partial charge in [-0.2, -0.15) is 5.26 Å². The average molecular weight is 441 g/mol. The second kappa shape index (κ2) is 10.1. The summed E-state index contributed by atoms with van der Waals surface area (Å²) in [5, 5.41) is 9.80. The number of hydrogen-bond donors (Lipinski definition) is 0. The highest BCUT2D eigenvalue weighted by atomic mass is 32.1. The van der Waals surface area contributed by atoms with Crippen LogP contribution in [0.4, 0.5) is 0 Å². The lowest BCUT2D eigenvalue weighted by molar-refractivity contribution is -0.120. The molecule has 0 bridgehead atoms. The maximum atomic E-state index is 13.2. The molecule has 0 aromatic carbocycles. The van der Waals surface area contributed by atoms with E-state index in [0.717, 1.165) is 44.8 Å². The van der Waals surface area contributed by atoms with Gasteiger partial charge in [-0.15, -0.1) is 11.3 Å². The molecule has 2 aromatic heterocycles. The van der Waals surface area contributed by atoms with Gasteiger partial charge in [0, 0.05) is 44.0 Å². The summed E-state index contributed by atoms with van der Waals surface area (Å²) in [5.41, 5.74) is 0.0169. The van der Waals surface area contributed by atoms with Gasteiger partial charge in [0.15, 0.2) is 5.78 Å². The molecule has 2 aromatic rings. The lowest BCUT2D eigenvalue weighted by atomic mass is 9.87. The Hall–Kier alpha value is -2.60. The summed E-state index contributed by atoms with van der Waals surface area (Å²) in [6, 6.07) is 5.71. The van der Waals surface area contributed by atoms with E-state index in [2.05, 4.69) is 16.0 Å². The predicted molar refractivity (Wildman–Crippen MR) is 121 cm³/mol. The Morgan fingerprint density at radius 2 is 1.94 bits per heavy atom. The quantitative estimate of drug-likeness (QED) is 0.670. The van der Waals surface area contributed by atoms with Gasteiger partial charge in [0.2, 0.25) is 0 Å². The minimum Gasteiger partial charge on any atom is -0.379 e. The third-order valence-corrected chi connectivity index (χ3v) is 6.24. The van der Waals surface area contributed by atoms with Crippen molar-refractivity contribution in [2.24, 2.45) is 5.41 Å². The topological polar surface area (TPSA) is 88.2 Å². The van der Waals surface area contributed by atoms with Crippen LogP contribution in [0.15, 0.2) is 29.3 Å². The number of pyridine rings is 1. The van der Waals surface area contributed by atoms with Gasteiger partial charge in [-0.1, -0.05) is 20.8 Å². The van der Waals surface area contributed by atoms with Crippen molar-refractivity contribution < 1.29 is 9.53 Å². The van der Waals surface area contributed by atoms with Gasteiger partial charge < -0.3 is 4.74 Å². The fraction of sp³-hybridized carbons (Fsp3) is 0.478. The van der Waals surface area contributed by atoms with Gasteiger partial charge in [0.05, 0.1) is 17.7 Å². The number of Topliss-reactive ketones (excluding diaryl/α,β-unsaturated/α-hetero) is 1. The number of aromatic nitrogens is 2. The van der Waals surface area contributed by atoms with E-state index in [1.807, 2.05) is 12.1 Å². The highest BCUT2D eigenvalue weighted by Crippen LogP contribution is 2.19. The molecule has 1 aliphatic heterocycles. The number of morpholine rings is 1. The molecule has 31 heavy (non-hydrogen) atoms. The zero-order valence-electron chi connectivity index (χ0n) is 18.3. The van der Waals surface area contributed by atoms with Crippen LogP contribution in [-0.2, 0) is 16.1 Å². The number of ketones is 1. The molecular formula is C23H28N4O3S. The lowest BCUT2D eigenvalue weighted by Gasteiger charge is -2.26. The molecule has 0 N–H and O–H groups in total. The number of thiazole rings is 1. The Morgan fingerprint density at radius 3 is 2.55 bits per heavy atom. The largest absolute Gasteiger partial charge is 0.379 e. The van der Waals surface area contributed by atoms with Gasteiger partial charge >= 0.3 is 0 Å². The van der Waals surface area contributed by atoms with Crippen molar-refractivity contribution in [2.75, 3.05) is 32.8 Å². The number of carbonyl (C=O) groups is 1. The normalized spacial score (nSPS) is 16.8. The second-order valence-corrected chi connectivity index (χ2v) is 9.56. The molecule has 0 amide bonds. The van der Waals surface area contributed by atoms with E-state index >= 15 is 0 Å². The fourth-order valence-corrected chi connectivity index (χ4v) is 4.49. The van der Waals surface area contributed by atoms with E-state index in [0.29, 0.717) is 15.7 Å². The van der Waals surface area contributed by atoms with Crippen molar-refractivity contribution in [2.45, 2.75) is 33.7 Å². The zero-order chi connectivity index (χ0) is 22.4. The van der Waals surface area contributed by atoms with Crippen molar-refractivity contribution in [3.8, 4) is 6.07 Å². The Morgan fingerprint density at radius 1 is 1.26 bits per heavy atom. The smallest absolute Gasteiger partial charge is 0.269 e. The van der Waals surface area contributed by atoms with E-state index < -0.39 is 5.41 Å². The van der Waals surface area contributed by atoms with Crippen LogP contribution in [-0.4, -0.2) is 53.1 Å². The van der Waals surface area contributed by atoms with Crippen LogP contribution < -0.4 is 14.8 Å². The summed E-state index contributed by atoms with van der Waals surface area (Å²) in [7, 11) is 0. The van der Waals surface area contributed by atoms with E-state index in [4.69, 9.17) is 4.74 Å². The number of rotatable bonds is 6. The molecule has 1 saturated heterocycles. The zero-order valence-corrected chi connectivity index (χ0v) is 19.1. The maximum absolute atomic E-state index is 13.2. The molecule has 0 unspecified atom stereocenters. The Balaban J connectivity index is 2.05. The summed E-state index contributed by atoms with van der Waals surface area (Å²) in [5.74, 6) is -0.256. The van der Waals surface area contributed by atoms with Crippen LogP contribution in [0.1, 0.15) is 32.8 Å². The third kappa shape index (κ3) is 5.76. The first kappa shape index (κ1) is 23.1. The lowest BCUT2D eigenvalue weighted by Crippen LogP contribution is -2.39. The van der Waals surface area contributed by atoms with Gasteiger partial charge in [0.25, 0.3) is 5.56 Å². The molecule has 3 heterocycles. The third-order valence-electron chi connectivity index (χ3n) is 5.11. The van der Waals surface area contributed by atoms with Crippen molar-refractivity contribution in [1.29, 1.82) is 5.26 Å². The van der Waals surface area contributed by atoms with Crippen molar-refractivity contribution in [1.82, 2.24) is 14.5 Å². The summed E-state index contributed by atoms with van der Waals surface area (Å²) in [6.07, 6.45) is 5.86. The first-order valence-electron chi connectivity index (χ1n) is 10.4. The van der Waals surface area contributed by atoms with Crippen LogP contribution in [0.25, 0.3) is 11.6 Å². The molecule has 0 atom stereocenters. The number of nitriles is 1. The summed E-state index contributed by atoms with van der Waals surface area (Å²) in [6.45, 7) is 9.84. The standard InChI is InChI=1S/C23H28N4O3S/c1-23(2,3)20(28)18(16-24)22-27(10-4-9-26-11-13-30-14-12-26)21(29)19(31-22)15-17-5-7-25-8-6-17/h5-8,15H,4,9-14H2,1-3H3/b19-15-,22-18+. The van der Waals surface area contributed by atoms with Crippen LogP contribution >= 0.6 is 11.3 Å². The van der Waals surface area contributed by atoms with E-state index in [1.165, 1.54) is 11.3 Å². The molecule has 3 rings (SSSR count). The number of nitrogens with zero attached hydrogens (tertiary/aromatic N) is 4. The van der Waals surface area contributed by atoms with Crippen LogP contribution in [0, 0.1) is 16.7 Å². The molecule has 1 aliphatic rings. The van der Waals surface area contributed by atoms with E-state index in [9.17, 15) is 14.9 Å². The monoisotopic (exact) mass is 440 g/mol. The van der Waals surface area contributed by atoms with Gasteiger partial charge in [-0.25, -0.2) is 0 Å². The van der Waals surface area contributed by atoms with Crippen LogP contribution in [0.5, 0.6) is 0 Å². The van der Waals surface area contributed by atoms with Gasteiger partial charge in [-0.05, 0) is 30.2 Å². The van der Waals surface area contributed by atoms with Crippen LogP contribution in [0.2, 0.25) is 0 Å². The molecule has 1 fully saturated rings. The molecule has 0 radical (unpaired) electrons. The van der Waals surface area contributed by atoms with E-state index in [1.54, 1.807) is 43.8 Å². The molecule has 0 aliphatic carbocycles. The van der Waals surface area contributed by atoms with Crippen molar-refractivity contribution >= 4 is 28.8 Å². The number of ether oxygens (including phenoxy) is 1. The Bertz CT molecular complexity index is 1130. The maximum Gasteiger partial charge on any atom is 0.269 e. The molecule has 8 heteroatoms. The highest BCUT2D eigenvalue weighted by molar-refractivity contribution is 7.07. The molecule has 0 spiro atoms. The molecular weight excluding hydrogens is 412 g/mol. The highest BCUT2D eigenvalue weighted by Gasteiger charge is 2.27. The van der Waals surface area contributed by atoms with Crippen molar-refractivity contribution in [3.63, 3.8) is 0 Å². The van der Waals surface area contributed by atoms with Crippen LogP contribution in [0.3, 0.4) is 0 Å². The minimum absolute atomic E-state index is 0.0513. The Labute approximate surface area is 185 Å². The van der Waals surface area contributed by atoms with Crippen molar-refractivity contribution in [3.05, 3.63) is 49.6 Å². The SMILES string of the molecule is CC(C)(C)C(=O)/C(C#N)=c1/s/c(=C\c2ccncc2)c(=O)n1CCCN1CCOCC1. The number of carbonyl (C=O) groups excluding carboxylic acids is 1. The molecule has 0 saturated carbocycles. The first-order chi connectivity index (χ1) is 14.8. The predicted octanol–water partition coefficient (Wildman–Crippen LogP) is 1.15. The number of hydrogen-bond acceptors (Lipinski definition) is 7. The molecule has 7 nitrogen and oxygen atoms in total. The fourth-order valence-electron chi connectivity index (χ4n) is 3.37. The van der Waals surface area contributed by atoms with Gasteiger partial charge in [-0.3, -0.25) is 24.0 Å². The second-order valence-electron chi connectivity index (χ2n) is 8.53. The summed E-state index contributed by atoms with van der Waals surface area (Å²) < 4.78 is 7.92. The summed E-state index contributed by atoms with van der Waals surface area (Å²) in [4.78, 5) is 32.5. The average Bonchev–Trinajstić information content (AvgIpc) is 3.05. The van der Waals surface area contributed by atoms with E-state index in [-0.39, 0.29) is 16.9 Å². The minimum atomic E-state index is -0.710. The molecule has 164 valence electrons. The first-order valence-corrected chi connectivity index (χ1v) is 11.2.